The third-order valence-corrected chi connectivity index (χ3v) is 5.07. The van der Waals surface area contributed by atoms with Gasteiger partial charge in [0.2, 0.25) is 0 Å². The van der Waals surface area contributed by atoms with Crippen LogP contribution in [0.1, 0.15) is 10.4 Å². The fraction of sp³-hybridized carbons (Fsp3) is 0.300. The first kappa shape index (κ1) is 17.7. The number of rotatable bonds is 3. The lowest BCUT2D eigenvalue weighted by atomic mass is 10.1. The second-order valence-electron chi connectivity index (χ2n) is 7.30. The van der Waals surface area contributed by atoms with E-state index in [1.54, 1.807) is 36.4 Å². The van der Waals surface area contributed by atoms with Crippen LogP contribution in [0.3, 0.4) is 0 Å². The lowest BCUT2D eigenvalue weighted by Gasteiger charge is -2.37. The Morgan fingerprint density at radius 1 is 1.21 bits per heavy atom. The first-order valence-electron chi connectivity index (χ1n) is 9.21. The molecule has 0 spiro atoms. The number of amides is 1. The molecule has 7 nitrogen and oxygen atoms in total. The minimum atomic E-state index is -2.70. The van der Waals surface area contributed by atoms with Crippen LogP contribution in [0.15, 0.2) is 40.8 Å². The Balaban J connectivity index is 1.35. The van der Waals surface area contributed by atoms with Crippen molar-refractivity contribution >= 4 is 34.4 Å². The van der Waals surface area contributed by atoms with Gasteiger partial charge in [-0.15, -0.1) is 0 Å². The Hall–Kier alpha value is -3.36. The topological polar surface area (TPSA) is 70.8 Å². The van der Waals surface area contributed by atoms with Crippen LogP contribution in [0.25, 0.3) is 11.1 Å². The van der Waals surface area contributed by atoms with Crippen LogP contribution in [0.4, 0.5) is 26.2 Å². The second-order valence-corrected chi connectivity index (χ2v) is 7.30. The number of hydrogen-bond acceptors (Lipinski definition) is 6. The average Bonchev–Trinajstić information content (AvgIpc) is 3.09. The van der Waals surface area contributed by atoms with Crippen molar-refractivity contribution in [3.05, 3.63) is 42.0 Å². The number of hydrogen-bond donors (Lipinski definition) is 1. The normalized spacial score (nSPS) is 17.5. The Morgan fingerprint density at radius 2 is 2.03 bits per heavy atom. The van der Waals surface area contributed by atoms with Crippen molar-refractivity contribution in [1.82, 2.24) is 4.98 Å². The van der Waals surface area contributed by atoms with Gasteiger partial charge >= 0.3 is 0 Å². The quantitative estimate of drug-likeness (QED) is 0.727. The molecule has 3 heterocycles. The van der Waals surface area contributed by atoms with Gasteiger partial charge in [-0.1, -0.05) is 0 Å². The third-order valence-electron chi connectivity index (χ3n) is 5.07. The maximum atomic E-state index is 13.1. The summed E-state index contributed by atoms with van der Waals surface area (Å²) in [6.45, 7) is 0.565. The smallest absolute Gasteiger partial charge is 0.298 e. The van der Waals surface area contributed by atoms with E-state index in [9.17, 15) is 13.6 Å². The van der Waals surface area contributed by atoms with Crippen LogP contribution in [0.5, 0.6) is 5.75 Å². The summed E-state index contributed by atoms with van der Waals surface area (Å²) in [7, 11) is 1.95. The Labute approximate surface area is 164 Å². The van der Waals surface area contributed by atoms with E-state index in [1.165, 1.54) is 4.90 Å². The van der Waals surface area contributed by atoms with E-state index in [-0.39, 0.29) is 11.9 Å². The number of carbonyl (C=O) groups excluding carboxylic acids is 1. The van der Waals surface area contributed by atoms with E-state index in [0.717, 1.165) is 18.0 Å². The number of nitrogens with one attached hydrogen (secondary N) is 1. The van der Waals surface area contributed by atoms with Gasteiger partial charge in [-0.05, 0) is 36.4 Å². The van der Waals surface area contributed by atoms with Gasteiger partial charge in [0, 0.05) is 18.3 Å². The first-order valence-corrected chi connectivity index (χ1v) is 9.21. The number of aromatic nitrogens is 1. The van der Waals surface area contributed by atoms with Crippen molar-refractivity contribution in [1.29, 1.82) is 0 Å². The highest BCUT2D eigenvalue weighted by molar-refractivity contribution is 6.05. The number of oxazole rings is 1. The van der Waals surface area contributed by atoms with Crippen molar-refractivity contribution < 1.29 is 22.7 Å². The van der Waals surface area contributed by atoms with E-state index >= 15 is 0 Å². The van der Waals surface area contributed by atoms with Crippen molar-refractivity contribution in [2.24, 2.45) is 0 Å². The molecule has 1 amide bonds. The standard InChI is InChI=1S/C20H18F2N4O3/c1-25-6-7-28-17-4-2-12(8-15(17)25)18(27)23-13-3-5-16-14(9-13)24-19(29-16)26-10-20(21,22)11-26/h2-5,8-9H,6-7,10-11H2,1H3,(H,23,27). The molecule has 0 radical (unpaired) electrons. The van der Waals surface area contributed by atoms with Crippen molar-refractivity contribution in [2.75, 3.05) is 48.4 Å². The zero-order valence-corrected chi connectivity index (χ0v) is 15.6. The Kier molecular flexibility index (Phi) is 3.87. The summed E-state index contributed by atoms with van der Waals surface area (Å²) in [5, 5.41) is 2.84. The van der Waals surface area contributed by atoms with Gasteiger partial charge in [-0.2, -0.15) is 4.98 Å². The lowest BCUT2D eigenvalue weighted by Crippen LogP contribution is -2.56. The van der Waals surface area contributed by atoms with Crippen LogP contribution in [0.2, 0.25) is 0 Å². The minimum Gasteiger partial charge on any atom is -0.490 e. The number of alkyl halides is 2. The maximum absolute atomic E-state index is 13.1. The predicted molar refractivity (Wildman–Crippen MR) is 104 cm³/mol. The van der Waals surface area contributed by atoms with Gasteiger partial charge < -0.3 is 24.3 Å². The minimum absolute atomic E-state index is 0.159. The van der Waals surface area contributed by atoms with E-state index < -0.39 is 19.0 Å². The SMILES string of the molecule is CN1CCOc2ccc(C(=O)Nc3ccc4oc(N5CC(F)(F)C5)nc4c3)cc21. The molecule has 2 aromatic carbocycles. The zero-order valence-electron chi connectivity index (χ0n) is 15.6. The molecule has 2 aliphatic heterocycles. The number of likely N-dealkylation sites (N-methyl/N-ethyl adjacent to an activating group) is 1. The number of nitrogens with zero attached hydrogens (tertiary/aromatic N) is 3. The van der Waals surface area contributed by atoms with E-state index in [1.807, 2.05) is 11.9 Å². The second kappa shape index (κ2) is 6.33. The van der Waals surface area contributed by atoms with Gasteiger partial charge in [0.25, 0.3) is 17.8 Å². The van der Waals surface area contributed by atoms with Crippen LogP contribution < -0.4 is 19.9 Å². The Bertz CT molecular complexity index is 1110. The number of benzene rings is 2. The number of carbonyl (C=O) groups is 1. The summed E-state index contributed by atoms with van der Waals surface area (Å²) in [6.07, 6.45) is 0. The van der Waals surface area contributed by atoms with Crippen molar-refractivity contribution in [2.45, 2.75) is 5.92 Å². The highest BCUT2D eigenvalue weighted by atomic mass is 19.3. The highest BCUT2D eigenvalue weighted by Crippen LogP contribution is 2.34. The first-order chi connectivity index (χ1) is 13.9. The summed E-state index contributed by atoms with van der Waals surface area (Å²) in [5.74, 6) is -2.21. The van der Waals surface area contributed by atoms with Gasteiger partial charge in [0.1, 0.15) is 17.9 Å². The average molecular weight is 400 g/mol. The van der Waals surface area contributed by atoms with Gasteiger partial charge in [-0.25, -0.2) is 8.78 Å². The number of fused-ring (bicyclic) bond motifs is 2. The number of halogens is 2. The molecule has 1 saturated heterocycles. The molecule has 2 aliphatic rings. The zero-order chi connectivity index (χ0) is 20.2. The predicted octanol–water partition coefficient (Wildman–Crippen LogP) is 3.36. The highest BCUT2D eigenvalue weighted by Gasteiger charge is 2.46. The molecule has 9 heteroatoms. The summed E-state index contributed by atoms with van der Waals surface area (Å²) >= 11 is 0. The molecule has 0 unspecified atom stereocenters. The molecule has 150 valence electrons. The maximum Gasteiger partial charge on any atom is 0.298 e. The van der Waals surface area contributed by atoms with Crippen LogP contribution in [0, 0.1) is 0 Å². The molecule has 1 N–H and O–H groups in total. The molecule has 5 rings (SSSR count). The molecular formula is C20H18F2N4O3. The molecule has 0 atom stereocenters. The summed E-state index contributed by atoms with van der Waals surface area (Å²) in [5.41, 5.74) is 2.88. The molecule has 0 bridgehead atoms. The van der Waals surface area contributed by atoms with E-state index in [4.69, 9.17) is 9.15 Å². The van der Waals surface area contributed by atoms with Crippen LogP contribution in [-0.4, -0.2) is 50.1 Å². The fourth-order valence-corrected chi connectivity index (χ4v) is 3.47. The molecule has 1 fully saturated rings. The summed E-state index contributed by atoms with van der Waals surface area (Å²) < 4.78 is 37.3. The van der Waals surface area contributed by atoms with Gasteiger partial charge in [0.15, 0.2) is 5.58 Å². The molecule has 0 saturated carbocycles. The van der Waals surface area contributed by atoms with Crippen LogP contribution in [-0.2, 0) is 0 Å². The summed E-state index contributed by atoms with van der Waals surface area (Å²) in [6, 6.07) is 10.5. The number of anilines is 3. The lowest BCUT2D eigenvalue weighted by molar-refractivity contribution is -0.0287. The van der Waals surface area contributed by atoms with Crippen LogP contribution >= 0.6 is 0 Å². The fourth-order valence-electron chi connectivity index (χ4n) is 3.47. The van der Waals surface area contributed by atoms with Gasteiger partial charge in [-0.3, -0.25) is 4.79 Å². The van der Waals surface area contributed by atoms with Crippen molar-refractivity contribution in [3.63, 3.8) is 0 Å². The Morgan fingerprint density at radius 3 is 2.83 bits per heavy atom. The monoisotopic (exact) mass is 400 g/mol. The molecule has 1 aromatic heterocycles. The van der Waals surface area contributed by atoms with Gasteiger partial charge in [0.05, 0.1) is 25.3 Å². The third kappa shape index (κ3) is 3.22. The van der Waals surface area contributed by atoms with Crippen molar-refractivity contribution in [3.8, 4) is 5.75 Å². The summed E-state index contributed by atoms with van der Waals surface area (Å²) in [4.78, 5) is 20.4. The largest absolute Gasteiger partial charge is 0.490 e. The van der Waals surface area contributed by atoms with E-state index in [2.05, 4.69) is 10.3 Å². The molecule has 0 aliphatic carbocycles. The molecule has 3 aromatic rings. The van der Waals surface area contributed by atoms with E-state index in [0.29, 0.717) is 29.0 Å². The molecular weight excluding hydrogens is 382 g/mol. The molecule has 29 heavy (non-hydrogen) atoms. The number of ether oxygens (including phenoxy) is 1.